The lowest BCUT2D eigenvalue weighted by Crippen LogP contribution is -2.36. The van der Waals surface area contributed by atoms with Gasteiger partial charge < -0.3 is 14.1 Å². The molecule has 0 bridgehead atoms. The maximum atomic E-state index is 12.3. The van der Waals surface area contributed by atoms with Crippen molar-refractivity contribution in [3.63, 3.8) is 0 Å². The van der Waals surface area contributed by atoms with E-state index in [1.807, 2.05) is 30.3 Å². The molecular weight excluding hydrogens is 374 g/mol. The van der Waals surface area contributed by atoms with Crippen molar-refractivity contribution in [3.05, 3.63) is 64.5 Å². The van der Waals surface area contributed by atoms with E-state index in [1.165, 1.54) is 17.1 Å². The number of benzene rings is 1. The molecule has 1 aromatic carbocycles. The number of furan rings is 1. The number of amides is 1. The van der Waals surface area contributed by atoms with Crippen LogP contribution in [0.15, 0.2) is 57.6 Å². The molecule has 0 unspecified atom stereocenters. The zero-order valence-corrected chi connectivity index (χ0v) is 15.0. The summed E-state index contributed by atoms with van der Waals surface area (Å²) in [6.07, 6.45) is 1.85. The van der Waals surface area contributed by atoms with Crippen molar-refractivity contribution in [1.29, 1.82) is 0 Å². The van der Waals surface area contributed by atoms with Crippen LogP contribution in [0.4, 0.5) is 0 Å². The second kappa shape index (κ2) is 8.49. The molecule has 1 heterocycles. The van der Waals surface area contributed by atoms with Crippen molar-refractivity contribution >= 4 is 33.9 Å². The summed E-state index contributed by atoms with van der Waals surface area (Å²) in [7, 11) is 1.68. The summed E-state index contributed by atoms with van der Waals surface area (Å²) in [6, 6.07) is 13.0. The van der Waals surface area contributed by atoms with Gasteiger partial charge in [0.05, 0.1) is 0 Å². The van der Waals surface area contributed by atoms with Crippen LogP contribution in [0.3, 0.4) is 0 Å². The van der Waals surface area contributed by atoms with Crippen LogP contribution in [0.25, 0.3) is 6.08 Å². The first-order valence-electron chi connectivity index (χ1n) is 7.38. The van der Waals surface area contributed by atoms with Crippen LogP contribution in [-0.2, 0) is 20.9 Å². The Morgan fingerprint density at radius 2 is 1.96 bits per heavy atom. The van der Waals surface area contributed by atoms with E-state index in [0.717, 1.165) is 5.56 Å². The van der Waals surface area contributed by atoms with Gasteiger partial charge in [0.2, 0.25) is 0 Å². The Kier molecular flexibility index (Phi) is 6.37. The third-order valence-corrected chi connectivity index (χ3v) is 3.68. The van der Waals surface area contributed by atoms with Crippen molar-refractivity contribution in [3.8, 4) is 0 Å². The van der Waals surface area contributed by atoms with E-state index in [-0.39, 0.29) is 5.91 Å². The first-order chi connectivity index (χ1) is 11.5. The van der Waals surface area contributed by atoms with E-state index in [4.69, 9.17) is 9.15 Å². The summed E-state index contributed by atoms with van der Waals surface area (Å²) >= 11 is 3.17. The number of rotatable bonds is 6. The van der Waals surface area contributed by atoms with Crippen LogP contribution in [-0.4, -0.2) is 29.9 Å². The molecule has 2 rings (SSSR count). The van der Waals surface area contributed by atoms with Crippen molar-refractivity contribution < 1.29 is 18.7 Å². The minimum atomic E-state index is -0.862. The van der Waals surface area contributed by atoms with Gasteiger partial charge in [-0.05, 0) is 46.6 Å². The topological polar surface area (TPSA) is 59.8 Å². The maximum Gasteiger partial charge on any atom is 0.331 e. The third kappa shape index (κ3) is 5.38. The number of hydrogen-bond donors (Lipinski definition) is 0. The van der Waals surface area contributed by atoms with Gasteiger partial charge in [0.25, 0.3) is 5.91 Å². The molecule has 0 aliphatic heterocycles. The quantitative estimate of drug-likeness (QED) is 0.556. The highest BCUT2D eigenvalue weighted by Gasteiger charge is 2.20. The summed E-state index contributed by atoms with van der Waals surface area (Å²) in [4.78, 5) is 25.6. The van der Waals surface area contributed by atoms with Gasteiger partial charge in [-0.1, -0.05) is 30.3 Å². The number of likely N-dealkylation sites (N-methyl/N-ethyl adjacent to an activating group) is 1. The van der Waals surface area contributed by atoms with Gasteiger partial charge in [0.1, 0.15) is 5.76 Å². The lowest BCUT2D eigenvalue weighted by molar-refractivity contribution is -0.154. The molecular formula is C18H18BrNO4. The zero-order chi connectivity index (χ0) is 17.5. The lowest BCUT2D eigenvalue weighted by Gasteiger charge is -2.21. The van der Waals surface area contributed by atoms with E-state index in [1.54, 1.807) is 26.1 Å². The summed E-state index contributed by atoms with van der Waals surface area (Å²) in [6.45, 7) is 2.01. The van der Waals surface area contributed by atoms with E-state index < -0.39 is 12.1 Å². The molecule has 0 saturated heterocycles. The van der Waals surface area contributed by atoms with Crippen LogP contribution in [0.1, 0.15) is 18.2 Å². The average molecular weight is 392 g/mol. The zero-order valence-electron chi connectivity index (χ0n) is 13.4. The molecule has 0 aliphatic rings. The van der Waals surface area contributed by atoms with Gasteiger partial charge in [0.15, 0.2) is 10.8 Å². The van der Waals surface area contributed by atoms with Gasteiger partial charge in [0, 0.05) is 19.7 Å². The van der Waals surface area contributed by atoms with Crippen LogP contribution in [0.5, 0.6) is 0 Å². The predicted molar refractivity (Wildman–Crippen MR) is 93.9 cm³/mol. The number of carbonyl (C=O) groups is 2. The van der Waals surface area contributed by atoms with Gasteiger partial charge in [-0.2, -0.15) is 0 Å². The number of ether oxygens (including phenoxy) is 1. The third-order valence-electron chi connectivity index (χ3n) is 3.26. The molecule has 126 valence electrons. The first-order valence-corrected chi connectivity index (χ1v) is 8.18. The smallest absolute Gasteiger partial charge is 0.331 e. The Bertz CT molecular complexity index is 724. The van der Waals surface area contributed by atoms with E-state index in [9.17, 15) is 9.59 Å². The monoisotopic (exact) mass is 391 g/mol. The first kappa shape index (κ1) is 18.0. The van der Waals surface area contributed by atoms with Crippen LogP contribution < -0.4 is 0 Å². The van der Waals surface area contributed by atoms with Crippen molar-refractivity contribution in [2.24, 2.45) is 0 Å². The minimum Gasteiger partial charge on any atom is -0.450 e. The van der Waals surface area contributed by atoms with Crippen LogP contribution in [0.2, 0.25) is 0 Å². The number of halogens is 1. The Labute approximate surface area is 149 Å². The molecule has 0 radical (unpaired) electrons. The second-order valence-corrected chi connectivity index (χ2v) is 6.02. The number of carbonyl (C=O) groups excluding carboxylic acids is 2. The molecule has 24 heavy (non-hydrogen) atoms. The fourth-order valence-corrected chi connectivity index (χ4v) is 2.40. The van der Waals surface area contributed by atoms with Crippen LogP contribution >= 0.6 is 15.9 Å². The number of hydrogen-bond acceptors (Lipinski definition) is 4. The molecule has 1 atom stereocenters. The van der Waals surface area contributed by atoms with Crippen molar-refractivity contribution in [2.75, 3.05) is 7.05 Å². The minimum absolute atomic E-state index is 0.263. The van der Waals surface area contributed by atoms with E-state index in [0.29, 0.717) is 17.0 Å². The molecule has 0 spiro atoms. The fraction of sp³-hybridized carbons (Fsp3) is 0.222. The van der Waals surface area contributed by atoms with Crippen molar-refractivity contribution in [2.45, 2.75) is 19.6 Å². The summed E-state index contributed by atoms with van der Waals surface area (Å²) in [5.74, 6) is -0.350. The van der Waals surface area contributed by atoms with Crippen molar-refractivity contribution in [1.82, 2.24) is 4.90 Å². The average Bonchev–Trinajstić information content (AvgIpc) is 2.98. The molecule has 0 fully saturated rings. The van der Waals surface area contributed by atoms with Crippen LogP contribution in [0, 0.1) is 0 Å². The molecule has 6 heteroatoms. The summed E-state index contributed by atoms with van der Waals surface area (Å²) in [5.41, 5.74) is 1.01. The highest BCUT2D eigenvalue weighted by Crippen LogP contribution is 2.15. The van der Waals surface area contributed by atoms with Gasteiger partial charge in [-0.15, -0.1) is 0 Å². The highest BCUT2D eigenvalue weighted by molar-refractivity contribution is 9.10. The standard InChI is InChI=1S/C18H18BrNO4/c1-13(18(22)20(2)12-14-6-4-3-5-7-14)23-17(21)11-9-15-8-10-16(19)24-15/h3-11,13H,12H2,1-2H3/b11-9+/t13-/m0/s1. The van der Waals surface area contributed by atoms with E-state index in [2.05, 4.69) is 15.9 Å². The Balaban J connectivity index is 1.86. The molecule has 5 nitrogen and oxygen atoms in total. The molecule has 1 amide bonds. The Morgan fingerprint density at radius 1 is 1.25 bits per heavy atom. The van der Waals surface area contributed by atoms with Gasteiger partial charge in [-0.3, -0.25) is 4.79 Å². The normalized spacial score (nSPS) is 12.1. The number of esters is 1. The fourth-order valence-electron chi connectivity index (χ4n) is 2.08. The van der Waals surface area contributed by atoms with Gasteiger partial charge >= 0.3 is 5.97 Å². The lowest BCUT2D eigenvalue weighted by atomic mass is 10.2. The summed E-state index contributed by atoms with van der Waals surface area (Å²) < 4.78 is 10.9. The maximum absolute atomic E-state index is 12.3. The number of nitrogens with zero attached hydrogens (tertiary/aromatic N) is 1. The summed E-state index contributed by atoms with van der Waals surface area (Å²) in [5, 5.41) is 0. The Morgan fingerprint density at radius 3 is 2.58 bits per heavy atom. The largest absolute Gasteiger partial charge is 0.450 e. The molecule has 0 N–H and O–H groups in total. The highest BCUT2D eigenvalue weighted by atomic mass is 79.9. The Hall–Kier alpha value is -2.34. The molecule has 0 aliphatic carbocycles. The molecule has 2 aromatic rings. The van der Waals surface area contributed by atoms with E-state index >= 15 is 0 Å². The SMILES string of the molecule is C[C@H](OC(=O)/C=C/c1ccc(Br)o1)C(=O)N(C)Cc1ccccc1. The molecule has 1 aromatic heterocycles. The predicted octanol–water partition coefficient (Wildman–Crippen LogP) is 3.65. The van der Waals surface area contributed by atoms with Gasteiger partial charge in [-0.25, -0.2) is 4.79 Å². The second-order valence-electron chi connectivity index (χ2n) is 5.23. The molecule has 0 saturated carbocycles.